The first-order valence-corrected chi connectivity index (χ1v) is 9.56. The van der Waals surface area contributed by atoms with Crippen molar-refractivity contribution in [3.8, 4) is 0 Å². The number of benzene rings is 1. The predicted molar refractivity (Wildman–Crippen MR) is 111 cm³/mol. The van der Waals surface area contributed by atoms with Gasteiger partial charge in [0.25, 0.3) is 0 Å². The van der Waals surface area contributed by atoms with Crippen LogP contribution < -0.4 is 10.2 Å². The molecule has 1 aliphatic heterocycles. The van der Waals surface area contributed by atoms with Gasteiger partial charge in [0.2, 0.25) is 0 Å². The molecular formula is C22H27ClN2O2. The summed E-state index contributed by atoms with van der Waals surface area (Å²) in [6, 6.07) is 6.77. The van der Waals surface area contributed by atoms with Crippen molar-refractivity contribution in [2.24, 2.45) is 0 Å². The van der Waals surface area contributed by atoms with Gasteiger partial charge in [0, 0.05) is 48.3 Å². The minimum atomic E-state index is 0. The lowest BCUT2D eigenvalue weighted by molar-refractivity contribution is -0.114. The molecule has 4 nitrogen and oxygen atoms in total. The van der Waals surface area contributed by atoms with Crippen molar-refractivity contribution in [2.45, 2.75) is 51.6 Å². The van der Waals surface area contributed by atoms with Gasteiger partial charge in [-0.2, -0.15) is 0 Å². The third kappa shape index (κ3) is 3.37. The van der Waals surface area contributed by atoms with Crippen LogP contribution in [0.1, 0.15) is 55.5 Å². The quantitative estimate of drug-likeness (QED) is 0.782. The average Bonchev–Trinajstić information content (AvgIpc) is 3.13. The van der Waals surface area contributed by atoms with E-state index in [0.717, 1.165) is 30.6 Å². The summed E-state index contributed by atoms with van der Waals surface area (Å²) in [6.07, 6.45) is 5.69. The van der Waals surface area contributed by atoms with Gasteiger partial charge in [-0.3, -0.25) is 9.59 Å². The van der Waals surface area contributed by atoms with Crippen molar-refractivity contribution in [2.75, 3.05) is 18.0 Å². The van der Waals surface area contributed by atoms with E-state index in [-0.39, 0.29) is 35.9 Å². The second-order valence-electron chi connectivity index (χ2n) is 7.82. The summed E-state index contributed by atoms with van der Waals surface area (Å²) < 4.78 is 0. The molecule has 0 saturated heterocycles. The molecule has 0 spiro atoms. The monoisotopic (exact) mass is 386 g/mol. The van der Waals surface area contributed by atoms with E-state index in [1.165, 1.54) is 16.8 Å². The number of anilines is 1. The predicted octanol–water partition coefficient (Wildman–Crippen LogP) is 3.81. The zero-order valence-electron chi connectivity index (χ0n) is 16.1. The molecule has 2 atom stereocenters. The highest BCUT2D eigenvalue weighted by atomic mass is 35.5. The number of allylic oxidation sites excluding steroid dienone is 2. The molecule has 0 saturated carbocycles. The van der Waals surface area contributed by atoms with Crippen LogP contribution >= 0.6 is 12.4 Å². The van der Waals surface area contributed by atoms with Gasteiger partial charge in [-0.05, 0) is 42.7 Å². The Balaban J connectivity index is 0.00000210. The van der Waals surface area contributed by atoms with Crippen molar-refractivity contribution in [1.82, 2.24) is 5.32 Å². The second kappa shape index (κ2) is 7.61. The summed E-state index contributed by atoms with van der Waals surface area (Å²) >= 11 is 0. The Labute approximate surface area is 167 Å². The fourth-order valence-corrected chi connectivity index (χ4v) is 4.58. The van der Waals surface area contributed by atoms with E-state index < -0.39 is 0 Å². The molecule has 5 heteroatoms. The zero-order valence-corrected chi connectivity index (χ0v) is 16.9. The Hall–Kier alpha value is -1.91. The lowest BCUT2D eigenvalue weighted by atomic mass is 9.81. The van der Waals surface area contributed by atoms with Crippen molar-refractivity contribution < 1.29 is 9.59 Å². The molecular weight excluding hydrogens is 360 g/mol. The van der Waals surface area contributed by atoms with Gasteiger partial charge >= 0.3 is 0 Å². The minimum absolute atomic E-state index is 0. The van der Waals surface area contributed by atoms with Crippen LogP contribution in [0.3, 0.4) is 0 Å². The highest BCUT2D eigenvalue weighted by molar-refractivity contribution is 6.02. The number of carbonyl (C=O) groups excluding carboxylic acids is 2. The maximum Gasteiger partial charge on any atom is 0.163 e. The summed E-state index contributed by atoms with van der Waals surface area (Å²) in [4.78, 5) is 26.6. The first-order chi connectivity index (χ1) is 12.5. The molecule has 1 aromatic rings. The number of hydrogen-bond acceptors (Lipinski definition) is 4. The molecule has 1 N–H and O–H groups in total. The molecule has 0 fully saturated rings. The van der Waals surface area contributed by atoms with Gasteiger partial charge in [0.15, 0.2) is 11.6 Å². The van der Waals surface area contributed by atoms with E-state index in [1.807, 2.05) is 12.1 Å². The minimum Gasteiger partial charge on any atom is -0.363 e. The summed E-state index contributed by atoms with van der Waals surface area (Å²) in [6.45, 7) is 7.74. The molecule has 0 bridgehead atoms. The molecule has 1 aromatic carbocycles. The molecule has 0 radical (unpaired) electrons. The van der Waals surface area contributed by atoms with Crippen LogP contribution in [0, 0.1) is 0 Å². The Kier molecular flexibility index (Phi) is 5.59. The average molecular weight is 387 g/mol. The van der Waals surface area contributed by atoms with E-state index in [4.69, 9.17) is 0 Å². The number of rotatable bonds is 5. The van der Waals surface area contributed by atoms with Gasteiger partial charge < -0.3 is 10.2 Å². The lowest BCUT2D eigenvalue weighted by Gasteiger charge is -2.31. The van der Waals surface area contributed by atoms with Gasteiger partial charge in [-0.15, -0.1) is 12.4 Å². The normalized spacial score (nSPS) is 22.7. The van der Waals surface area contributed by atoms with E-state index >= 15 is 0 Å². The van der Waals surface area contributed by atoms with Crippen LogP contribution in [-0.2, 0) is 4.79 Å². The van der Waals surface area contributed by atoms with Crippen LogP contribution in [-0.4, -0.2) is 36.7 Å². The maximum absolute atomic E-state index is 12.2. The van der Waals surface area contributed by atoms with Crippen LogP contribution in [0.4, 0.5) is 5.69 Å². The van der Waals surface area contributed by atoms with Crippen molar-refractivity contribution in [3.05, 3.63) is 52.6 Å². The van der Waals surface area contributed by atoms with Gasteiger partial charge in [-0.25, -0.2) is 0 Å². The van der Waals surface area contributed by atoms with E-state index in [9.17, 15) is 9.59 Å². The number of halogens is 1. The highest BCUT2D eigenvalue weighted by Crippen LogP contribution is 2.51. The van der Waals surface area contributed by atoms with E-state index in [2.05, 4.69) is 42.3 Å². The largest absolute Gasteiger partial charge is 0.363 e. The smallest absolute Gasteiger partial charge is 0.163 e. The third-order valence-electron chi connectivity index (χ3n) is 5.79. The van der Waals surface area contributed by atoms with Gasteiger partial charge in [0.05, 0.1) is 6.04 Å². The molecule has 0 aromatic heterocycles. The topological polar surface area (TPSA) is 49.4 Å². The molecule has 0 amide bonds. The first kappa shape index (κ1) is 19.8. The molecule has 3 aliphatic rings. The maximum atomic E-state index is 12.2. The van der Waals surface area contributed by atoms with Gasteiger partial charge in [0.1, 0.15) is 0 Å². The number of hydrogen-bond donors (Lipinski definition) is 1. The zero-order chi connectivity index (χ0) is 18.4. The molecule has 4 rings (SSSR count). The van der Waals surface area contributed by atoms with E-state index in [1.54, 1.807) is 6.92 Å². The number of Topliss-reactive ketones (excluding diaryl/α,β-unsaturated/α-hetero) is 2. The molecule has 144 valence electrons. The number of ketones is 2. The standard InChI is InChI=1S/C22H26N2O2.ClH/c1-13(2)23-10-11-24-19-7-4-15(14(3)25)12-18(19)22-17-6-9-21(26)16(17)5-8-20(22)24;/h4-5,7-8,12-13,20,22-23H,6,9-11H2,1-3H3;1H. The van der Waals surface area contributed by atoms with Gasteiger partial charge in [-0.1, -0.05) is 26.0 Å². The Morgan fingerprint density at radius 1 is 1.30 bits per heavy atom. The number of carbonyl (C=O) groups is 2. The Morgan fingerprint density at radius 3 is 2.78 bits per heavy atom. The molecule has 27 heavy (non-hydrogen) atoms. The Bertz CT molecular complexity index is 841. The Morgan fingerprint density at radius 2 is 2.07 bits per heavy atom. The molecule has 2 unspecified atom stereocenters. The molecule has 2 aliphatic carbocycles. The first-order valence-electron chi connectivity index (χ1n) is 9.56. The summed E-state index contributed by atoms with van der Waals surface area (Å²) in [5.74, 6) is 0.557. The number of nitrogens with zero attached hydrogens (tertiary/aromatic N) is 1. The fraction of sp³-hybridized carbons (Fsp3) is 0.455. The van der Waals surface area contributed by atoms with Crippen LogP contribution in [0.15, 0.2) is 41.5 Å². The number of fused-ring (bicyclic) bond motifs is 4. The van der Waals surface area contributed by atoms with Crippen LogP contribution in [0.25, 0.3) is 0 Å². The van der Waals surface area contributed by atoms with Crippen molar-refractivity contribution >= 4 is 29.7 Å². The fourth-order valence-electron chi connectivity index (χ4n) is 4.58. The lowest BCUT2D eigenvalue weighted by Crippen LogP contribution is -2.40. The van der Waals surface area contributed by atoms with Crippen molar-refractivity contribution in [1.29, 1.82) is 0 Å². The highest BCUT2D eigenvalue weighted by Gasteiger charge is 2.43. The van der Waals surface area contributed by atoms with Crippen molar-refractivity contribution in [3.63, 3.8) is 0 Å². The third-order valence-corrected chi connectivity index (χ3v) is 5.79. The summed E-state index contributed by atoms with van der Waals surface area (Å²) in [5.41, 5.74) is 5.34. The SMILES string of the molecule is CC(=O)c1ccc2c(c1)C1C3=C(C=CC1N2CCNC(C)C)C(=O)CC3.Cl. The summed E-state index contributed by atoms with van der Waals surface area (Å²) in [7, 11) is 0. The molecule has 1 heterocycles. The van der Waals surface area contributed by atoms with Crippen LogP contribution in [0.5, 0.6) is 0 Å². The summed E-state index contributed by atoms with van der Waals surface area (Å²) in [5, 5.41) is 3.50. The van der Waals surface area contributed by atoms with E-state index in [0.29, 0.717) is 12.5 Å². The van der Waals surface area contributed by atoms with Crippen LogP contribution in [0.2, 0.25) is 0 Å². The number of nitrogens with one attached hydrogen (secondary N) is 1. The second-order valence-corrected chi connectivity index (χ2v) is 7.82.